The third-order valence-electron chi connectivity index (χ3n) is 3.44. The highest BCUT2D eigenvalue weighted by atomic mass is 35.5. The molecule has 0 bridgehead atoms. The van der Waals surface area contributed by atoms with Crippen LogP contribution >= 0.6 is 24.8 Å². The summed E-state index contributed by atoms with van der Waals surface area (Å²) in [5.74, 6) is -0.0907. The summed E-state index contributed by atoms with van der Waals surface area (Å²) in [4.78, 5) is 14.1. The van der Waals surface area contributed by atoms with Crippen molar-refractivity contribution in [2.45, 2.75) is 32.9 Å². The summed E-state index contributed by atoms with van der Waals surface area (Å²) < 4.78 is 5.30. The molecule has 0 aliphatic carbocycles. The van der Waals surface area contributed by atoms with Crippen molar-refractivity contribution in [2.24, 2.45) is 11.7 Å². The summed E-state index contributed by atoms with van der Waals surface area (Å²) in [6, 6.07) is 0.247. The monoisotopic (exact) mass is 315 g/mol. The fourth-order valence-corrected chi connectivity index (χ4v) is 1.80. The molecule has 5 nitrogen and oxygen atoms in total. The smallest absolute Gasteiger partial charge is 0.224 e. The van der Waals surface area contributed by atoms with Crippen LogP contribution in [0.25, 0.3) is 0 Å². The van der Waals surface area contributed by atoms with Crippen molar-refractivity contribution in [1.29, 1.82) is 0 Å². The summed E-state index contributed by atoms with van der Waals surface area (Å²) in [6.07, 6.45) is 0. The van der Waals surface area contributed by atoms with Gasteiger partial charge in [-0.15, -0.1) is 24.8 Å². The lowest BCUT2D eigenvalue weighted by Gasteiger charge is -2.32. The van der Waals surface area contributed by atoms with Gasteiger partial charge in [0.05, 0.1) is 13.2 Å². The van der Waals surface area contributed by atoms with Crippen LogP contribution in [0.3, 0.4) is 0 Å². The summed E-state index contributed by atoms with van der Waals surface area (Å²) in [7, 11) is 0. The number of hydrogen-bond acceptors (Lipinski definition) is 4. The van der Waals surface area contributed by atoms with Gasteiger partial charge in [-0.25, -0.2) is 0 Å². The molecule has 0 saturated carbocycles. The molecule has 0 radical (unpaired) electrons. The van der Waals surface area contributed by atoms with Gasteiger partial charge in [0.25, 0.3) is 0 Å². The van der Waals surface area contributed by atoms with Gasteiger partial charge < -0.3 is 15.8 Å². The molecule has 0 aromatic carbocycles. The number of amides is 1. The molecule has 3 atom stereocenters. The number of nitrogens with zero attached hydrogens (tertiary/aromatic N) is 1. The van der Waals surface area contributed by atoms with E-state index in [9.17, 15) is 4.79 Å². The van der Waals surface area contributed by atoms with E-state index in [0.717, 1.165) is 26.3 Å². The van der Waals surface area contributed by atoms with E-state index < -0.39 is 0 Å². The molecule has 3 N–H and O–H groups in total. The predicted octanol–water partition coefficient (Wildman–Crippen LogP) is 0.650. The number of ether oxygens (including phenoxy) is 1. The van der Waals surface area contributed by atoms with E-state index in [1.54, 1.807) is 0 Å². The Kier molecular flexibility index (Phi) is 11.9. The number of rotatable bonds is 5. The fourth-order valence-electron chi connectivity index (χ4n) is 1.80. The Morgan fingerprint density at radius 2 is 1.79 bits per heavy atom. The Morgan fingerprint density at radius 3 is 2.26 bits per heavy atom. The van der Waals surface area contributed by atoms with Crippen LogP contribution in [0.15, 0.2) is 0 Å². The van der Waals surface area contributed by atoms with E-state index >= 15 is 0 Å². The van der Waals surface area contributed by atoms with Crippen molar-refractivity contribution in [2.75, 3.05) is 32.8 Å². The van der Waals surface area contributed by atoms with Gasteiger partial charge in [0.1, 0.15) is 0 Å². The molecule has 116 valence electrons. The molecule has 1 heterocycles. The van der Waals surface area contributed by atoms with Crippen LogP contribution in [0.5, 0.6) is 0 Å². The van der Waals surface area contributed by atoms with Crippen LogP contribution in [-0.2, 0) is 9.53 Å². The van der Waals surface area contributed by atoms with Gasteiger partial charge in [-0.05, 0) is 13.8 Å². The third-order valence-corrected chi connectivity index (χ3v) is 3.44. The average molecular weight is 316 g/mol. The Balaban J connectivity index is 0. The largest absolute Gasteiger partial charge is 0.379 e. The molecule has 1 fully saturated rings. The van der Waals surface area contributed by atoms with Gasteiger partial charge in [-0.1, -0.05) is 6.92 Å². The minimum absolute atomic E-state index is 0. The Labute approximate surface area is 128 Å². The normalized spacial score (nSPS) is 20.4. The molecule has 0 aromatic rings. The summed E-state index contributed by atoms with van der Waals surface area (Å²) in [5.41, 5.74) is 5.70. The molecule has 7 heteroatoms. The Morgan fingerprint density at radius 1 is 1.26 bits per heavy atom. The highest BCUT2D eigenvalue weighted by Crippen LogP contribution is 2.04. The predicted molar refractivity (Wildman–Crippen MR) is 82.2 cm³/mol. The quantitative estimate of drug-likeness (QED) is 0.781. The average Bonchev–Trinajstić information content (AvgIpc) is 2.35. The zero-order valence-corrected chi connectivity index (χ0v) is 13.6. The van der Waals surface area contributed by atoms with Crippen molar-refractivity contribution in [1.82, 2.24) is 10.2 Å². The van der Waals surface area contributed by atoms with Gasteiger partial charge in [-0.2, -0.15) is 0 Å². The van der Waals surface area contributed by atoms with E-state index in [0.29, 0.717) is 12.6 Å². The molecule has 1 aliphatic heterocycles. The van der Waals surface area contributed by atoms with Crippen molar-refractivity contribution >= 4 is 30.7 Å². The SMILES string of the molecule is CC(N)C(C)C(=O)NCC(C)N1CCOCC1.Cl.Cl. The number of morpholine rings is 1. The van der Waals surface area contributed by atoms with Crippen molar-refractivity contribution in [3.8, 4) is 0 Å². The highest BCUT2D eigenvalue weighted by molar-refractivity contribution is 5.85. The third kappa shape index (κ3) is 7.32. The van der Waals surface area contributed by atoms with Gasteiger partial charge in [0, 0.05) is 37.6 Å². The van der Waals surface area contributed by atoms with Crippen molar-refractivity contribution < 1.29 is 9.53 Å². The molecular formula is C12H27Cl2N3O2. The lowest BCUT2D eigenvalue weighted by molar-refractivity contribution is -0.125. The molecule has 1 aliphatic rings. The molecule has 0 aromatic heterocycles. The van der Waals surface area contributed by atoms with Crippen molar-refractivity contribution in [3.63, 3.8) is 0 Å². The number of carbonyl (C=O) groups excluding carboxylic acids is 1. The summed E-state index contributed by atoms with van der Waals surface area (Å²) >= 11 is 0. The maximum Gasteiger partial charge on any atom is 0.224 e. The molecule has 3 unspecified atom stereocenters. The maximum atomic E-state index is 11.7. The Hall–Kier alpha value is -0.0700. The minimum atomic E-state index is -0.133. The zero-order valence-electron chi connectivity index (χ0n) is 11.9. The van der Waals surface area contributed by atoms with E-state index in [-0.39, 0.29) is 42.7 Å². The van der Waals surface area contributed by atoms with E-state index in [1.165, 1.54) is 0 Å². The van der Waals surface area contributed by atoms with Gasteiger partial charge in [0.15, 0.2) is 0 Å². The number of nitrogens with one attached hydrogen (secondary N) is 1. The Bertz CT molecular complexity index is 249. The first-order valence-electron chi connectivity index (χ1n) is 6.37. The fraction of sp³-hybridized carbons (Fsp3) is 0.917. The minimum Gasteiger partial charge on any atom is -0.379 e. The number of hydrogen-bond donors (Lipinski definition) is 2. The number of halogens is 2. The van der Waals surface area contributed by atoms with Crippen LogP contribution in [0.4, 0.5) is 0 Å². The first kappa shape index (κ1) is 21.2. The van der Waals surface area contributed by atoms with E-state index in [2.05, 4.69) is 17.1 Å². The first-order valence-corrected chi connectivity index (χ1v) is 6.37. The lowest BCUT2D eigenvalue weighted by Crippen LogP contribution is -2.49. The van der Waals surface area contributed by atoms with Crippen LogP contribution in [-0.4, -0.2) is 55.7 Å². The highest BCUT2D eigenvalue weighted by Gasteiger charge is 2.20. The number of carbonyl (C=O) groups is 1. The van der Waals surface area contributed by atoms with Crippen LogP contribution in [0.1, 0.15) is 20.8 Å². The molecule has 1 saturated heterocycles. The molecular weight excluding hydrogens is 289 g/mol. The second kappa shape index (κ2) is 10.7. The van der Waals surface area contributed by atoms with Crippen LogP contribution in [0.2, 0.25) is 0 Å². The second-order valence-electron chi connectivity index (χ2n) is 4.89. The van der Waals surface area contributed by atoms with Crippen LogP contribution < -0.4 is 11.1 Å². The van der Waals surface area contributed by atoms with Gasteiger partial charge in [0.2, 0.25) is 5.91 Å². The molecule has 0 spiro atoms. The lowest BCUT2D eigenvalue weighted by atomic mass is 10.0. The molecule has 1 rings (SSSR count). The number of nitrogens with two attached hydrogens (primary N) is 1. The maximum absolute atomic E-state index is 11.7. The molecule has 1 amide bonds. The summed E-state index contributed by atoms with van der Waals surface area (Å²) in [6.45, 7) is 9.98. The zero-order chi connectivity index (χ0) is 12.8. The molecule has 19 heavy (non-hydrogen) atoms. The topological polar surface area (TPSA) is 67.6 Å². The first-order chi connectivity index (χ1) is 8.02. The van der Waals surface area contributed by atoms with E-state index in [1.807, 2.05) is 13.8 Å². The standard InChI is InChI=1S/C12H25N3O2.2ClH/c1-9(15-4-6-17-7-5-15)8-14-12(16)10(2)11(3)13;;/h9-11H,4-8,13H2,1-3H3,(H,14,16);2*1H. The second-order valence-corrected chi connectivity index (χ2v) is 4.89. The van der Waals surface area contributed by atoms with Crippen LogP contribution in [0, 0.1) is 5.92 Å². The van der Waals surface area contributed by atoms with E-state index in [4.69, 9.17) is 10.5 Å². The van der Waals surface area contributed by atoms with Gasteiger partial charge >= 0.3 is 0 Å². The van der Waals surface area contributed by atoms with Gasteiger partial charge in [-0.3, -0.25) is 9.69 Å². The summed E-state index contributed by atoms with van der Waals surface area (Å²) in [5, 5.41) is 2.96. The van der Waals surface area contributed by atoms with Crippen molar-refractivity contribution in [3.05, 3.63) is 0 Å².